The number of hydrogen-bond acceptors (Lipinski definition) is 7. The molecule has 1 aliphatic rings. The van der Waals surface area contributed by atoms with E-state index < -0.39 is 16.8 Å². The number of nitrogens with one attached hydrogen (secondary N) is 1. The van der Waals surface area contributed by atoms with Crippen LogP contribution in [0.25, 0.3) is 0 Å². The number of aromatic nitrogens is 2. The second-order valence-corrected chi connectivity index (χ2v) is 6.84. The zero-order valence-electron chi connectivity index (χ0n) is 13.9. The fraction of sp³-hybridized carbons (Fsp3) is 0.312. The molecule has 2 N–H and O–H groups in total. The third-order valence-electron chi connectivity index (χ3n) is 4.31. The van der Waals surface area contributed by atoms with Gasteiger partial charge in [-0.25, -0.2) is 9.97 Å². The number of carboxylic acid groups (broad SMARTS) is 1. The summed E-state index contributed by atoms with van der Waals surface area (Å²) in [4.78, 5) is 32.0. The van der Waals surface area contributed by atoms with Crippen molar-refractivity contribution in [2.75, 3.05) is 23.3 Å². The summed E-state index contributed by atoms with van der Waals surface area (Å²) in [6, 6.07) is 4.70. The van der Waals surface area contributed by atoms with Crippen LogP contribution in [0.2, 0.25) is 10.0 Å². The number of piperidine rings is 1. The number of halogens is 2. The highest BCUT2D eigenvalue weighted by Gasteiger charge is 2.31. The summed E-state index contributed by atoms with van der Waals surface area (Å²) in [5.74, 6) is -1.17. The van der Waals surface area contributed by atoms with Gasteiger partial charge in [-0.2, -0.15) is 0 Å². The van der Waals surface area contributed by atoms with Gasteiger partial charge in [0.1, 0.15) is 6.33 Å². The molecule has 0 bridgehead atoms. The maximum Gasteiger partial charge on any atom is 0.353 e. The molecular formula is C16H15Cl2N5O4. The normalized spacial score (nSPS) is 14.8. The van der Waals surface area contributed by atoms with Crippen LogP contribution >= 0.6 is 23.2 Å². The van der Waals surface area contributed by atoms with E-state index in [1.807, 2.05) is 0 Å². The summed E-state index contributed by atoms with van der Waals surface area (Å²) in [5, 5.41) is 24.4. The zero-order valence-corrected chi connectivity index (χ0v) is 15.4. The molecule has 0 saturated carbocycles. The second kappa shape index (κ2) is 7.93. The molecule has 0 spiro atoms. The Hall–Kier alpha value is -2.65. The largest absolute Gasteiger partial charge is 0.481 e. The monoisotopic (exact) mass is 411 g/mol. The van der Waals surface area contributed by atoms with Crippen LogP contribution in [0.15, 0.2) is 24.5 Å². The van der Waals surface area contributed by atoms with Crippen LogP contribution in [0, 0.1) is 16.0 Å². The number of carboxylic acids is 1. The lowest BCUT2D eigenvalue weighted by Crippen LogP contribution is -2.37. The Morgan fingerprint density at radius 2 is 2.00 bits per heavy atom. The minimum atomic E-state index is -0.855. The van der Waals surface area contributed by atoms with Crippen molar-refractivity contribution < 1.29 is 14.8 Å². The first-order valence-electron chi connectivity index (χ1n) is 8.06. The smallest absolute Gasteiger partial charge is 0.353 e. The maximum absolute atomic E-state index is 11.7. The highest BCUT2D eigenvalue weighted by atomic mass is 35.5. The number of benzene rings is 1. The van der Waals surface area contributed by atoms with E-state index in [-0.39, 0.29) is 17.3 Å². The van der Waals surface area contributed by atoms with Crippen LogP contribution < -0.4 is 10.2 Å². The molecule has 1 aromatic carbocycles. The fourth-order valence-electron chi connectivity index (χ4n) is 2.92. The van der Waals surface area contributed by atoms with Crippen LogP contribution in [-0.2, 0) is 4.79 Å². The quantitative estimate of drug-likeness (QED) is 0.563. The van der Waals surface area contributed by atoms with Gasteiger partial charge >= 0.3 is 11.7 Å². The van der Waals surface area contributed by atoms with Crippen molar-refractivity contribution in [3.63, 3.8) is 0 Å². The third-order valence-corrected chi connectivity index (χ3v) is 4.86. The minimum Gasteiger partial charge on any atom is -0.481 e. The molecule has 0 amide bonds. The molecular weight excluding hydrogens is 397 g/mol. The van der Waals surface area contributed by atoms with Gasteiger partial charge in [0.05, 0.1) is 21.6 Å². The van der Waals surface area contributed by atoms with Crippen molar-refractivity contribution in [1.82, 2.24) is 9.97 Å². The van der Waals surface area contributed by atoms with Crippen LogP contribution in [0.1, 0.15) is 12.8 Å². The summed E-state index contributed by atoms with van der Waals surface area (Å²) < 4.78 is 0. The molecule has 1 aliphatic heterocycles. The standard InChI is InChI=1S/C16H15Cl2N5O4/c17-10-1-2-12(11(18)7-10)21-14-13(23(26)27)15(20-8-19-14)22-5-3-9(4-6-22)16(24)25/h1-2,7-9H,3-6H2,(H,24,25)(H,19,20,21). The van der Waals surface area contributed by atoms with Crippen LogP contribution in [-0.4, -0.2) is 39.1 Å². The summed E-state index contributed by atoms with van der Waals surface area (Å²) in [6.07, 6.45) is 2.00. The predicted octanol–water partition coefficient (Wildman–Crippen LogP) is 3.74. The van der Waals surface area contributed by atoms with Gasteiger partial charge in [-0.1, -0.05) is 23.2 Å². The zero-order chi connectivity index (χ0) is 19.6. The van der Waals surface area contributed by atoms with Gasteiger partial charge < -0.3 is 15.3 Å². The molecule has 0 unspecified atom stereocenters. The first-order chi connectivity index (χ1) is 12.9. The Labute approximate surface area is 164 Å². The van der Waals surface area contributed by atoms with E-state index in [0.29, 0.717) is 41.7 Å². The average molecular weight is 412 g/mol. The van der Waals surface area contributed by atoms with Crippen molar-refractivity contribution in [2.24, 2.45) is 5.92 Å². The summed E-state index contributed by atoms with van der Waals surface area (Å²) in [7, 11) is 0. The highest BCUT2D eigenvalue weighted by molar-refractivity contribution is 6.36. The predicted molar refractivity (Wildman–Crippen MR) is 101 cm³/mol. The molecule has 2 aromatic rings. The van der Waals surface area contributed by atoms with Crippen molar-refractivity contribution in [2.45, 2.75) is 12.8 Å². The van der Waals surface area contributed by atoms with Crippen molar-refractivity contribution >= 4 is 52.2 Å². The number of rotatable bonds is 5. The lowest BCUT2D eigenvalue weighted by Gasteiger charge is -2.30. The van der Waals surface area contributed by atoms with Gasteiger partial charge in [0.2, 0.25) is 11.6 Å². The maximum atomic E-state index is 11.7. The molecule has 27 heavy (non-hydrogen) atoms. The van der Waals surface area contributed by atoms with E-state index >= 15 is 0 Å². The second-order valence-electron chi connectivity index (χ2n) is 6.00. The van der Waals surface area contributed by atoms with E-state index in [1.165, 1.54) is 12.4 Å². The van der Waals surface area contributed by atoms with E-state index in [4.69, 9.17) is 28.3 Å². The van der Waals surface area contributed by atoms with Crippen molar-refractivity contribution in [1.29, 1.82) is 0 Å². The Morgan fingerprint density at radius 3 is 2.59 bits per heavy atom. The molecule has 1 fully saturated rings. The van der Waals surface area contributed by atoms with Gasteiger partial charge in [-0.3, -0.25) is 14.9 Å². The molecule has 1 aromatic heterocycles. The van der Waals surface area contributed by atoms with Crippen LogP contribution in [0.3, 0.4) is 0 Å². The third kappa shape index (κ3) is 4.20. The Balaban J connectivity index is 1.91. The molecule has 9 nitrogen and oxygen atoms in total. The molecule has 0 aliphatic carbocycles. The number of carbonyl (C=O) groups is 1. The molecule has 11 heteroatoms. The summed E-state index contributed by atoms with van der Waals surface area (Å²) in [6.45, 7) is 0.714. The highest BCUT2D eigenvalue weighted by Crippen LogP contribution is 2.37. The van der Waals surface area contributed by atoms with E-state index in [1.54, 1.807) is 17.0 Å². The molecule has 0 radical (unpaired) electrons. The lowest BCUT2D eigenvalue weighted by molar-refractivity contribution is -0.383. The summed E-state index contributed by atoms with van der Waals surface area (Å²) >= 11 is 12.0. The van der Waals surface area contributed by atoms with E-state index in [9.17, 15) is 14.9 Å². The SMILES string of the molecule is O=C(O)C1CCN(c2ncnc(Nc3ccc(Cl)cc3Cl)c2[N+](=O)[O-])CC1. The number of anilines is 3. The van der Waals surface area contributed by atoms with Gasteiger partial charge in [0.15, 0.2) is 0 Å². The van der Waals surface area contributed by atoms with E-state index in [0.717, 1.165) is 0 Å². The molecule has 2 heterocycles. The van der Waals surface area contributed by atoms with Crippen LogP contribution in [0.5, 0.6) is 0 Å². The Kier molecular flexibility index (Phi) is 5.62. The molecule has 3 rings (SSSR count). The minimum absolute atomic E-state index is 0.00502. The van der Waals surface area contributed by atoms with Crippen molar-refractivity contribution in [3.05, 3.63) is 44.7 Å². The van der Waals surface area contributed by atoms with Gasteiger partial charge in [0, 0.05) is 18.1 Å². The number of nitro groups is 1. The molecule has 142 valence electrons. The van der Waals surface area contributed by atoms with Gasteiger partial charge in [-0.15, -0.1) is 0 Å². The van der Waals surface area contributed by atoms with Gasteiger partial charge in [0.25, 0.3) is 0 Å². The number of aliphatic carboxylic acids is 1. The average Bonchev–Trinajstić information content (AvgIpc) is 2.63. The first kappa shape index (κ1) is 19.1. The fourth-order valence-corrected chi connectivity index (χ4v) is 3.37. The first-order valence-corrected chi connectivity index (χ1v) is 8.81. The molecule has 0 atom stereocenters. The van der Waals surface area contributed by atoms with Gasteiger partial charge in [-0.05, 0) is 31.0 Å². The Bertz CT molecular complexity index is 887. The van der Waals surface area contributed by atoms with Crippen molar-refractivity contribution in [3.8, 4) is 0 Å². The van der Waals surface area contributed by atoms with E-state index in [2.05, 4.69) is 15.3 Å². The lowest BCUT2D eigenvalue weighted by atomic mass is 9.97. The molecule has 1 saturated heterocycles. The Morgan fingerprint density at radius 1 is 1.30 bits per heavy atom. The summed E-state index contributed by atoms with van der Waals surface area (Å²) in [5.41, 5.74) is 0.121. The number of nitrogens with zero attached hydrogens (tertiary/aromatic N) is 4. The van der Waals surface area contributed by atoms with Crippen LogP contribution in [0.4, 0.5) is 23.0 Å². The topological polar surface area (TPSA) is 121 Å². The number of hydrogen-bond donors (Lipinski definition) is 2.